The molecule has 0 spiro atoms. The molecule has 2 fully saturated rings. The van der Waals surface area contributed by atoms with Crippen molar-refractivity contribution in [2.75, 3.05) is 6.54 Å². The Morgan fingerprint density at radius 3 is 2.47 bits per heavy atom. The van der Waals surface area contributed by atoms with Gasteiger partial charge in [0.15, 0.2) is 0 Å². The summed E-state index contributed by atoms with van der Waals surface area (Å²) in [7, 11) is 0. The van der Waals surface area contributed by atoms with E-state index in [1.54, 1.807) is 4.90 Å². The Bertz CT molecular complexity index is 454. The Morgan fingerprint density at radius 2 is 1.82 bits per heavy atom. The lowest BCUT2D eigenvalue weighted by atomic mass is 10.0. The van der Waals surface area contributed by atoms with Crippen molar-refractivity contribution >= 4 is 11.8 Å². The molecular weight excluding hydrogens is 216 g/mol. The number of hydrogen-bond donors (Lipinski definition) is 1. The van der Waals surface area contributed by atoms with Crippen LogP contribution in [0.15, 0.2) is 30.3 Å². The molecule has 1 aliphatic carbocycles. The molecule has 2 aliphatic rings. The average Bonchev–Trinajstić information content (AvgIpc) is 3.17. The van der Waals surface area contributed by atoms with Crippen molar-refractivity contribution in [1.82, 2.24) is 10.2 Å². The van der Waals surface area contributed by atoms with Gasteiger partial charge in [0.2, 0.25) is 11.8 Å². The van der Waals surface area contributed by atoms with Gasteiger partial charge in [0, 0.05) is 6.04 Å². The third-order valence-corrected chi connectivity index (χ3v) is 3.28. The molecule has 0 bridgehead atoms. The summed E-state index contributed by atoms with van der Waals surface area (Å²) >= 11 is 0. The van der Waals surface area contributed by atoms with Crippen LogP contribution in [-0.2, 0) is 9.59 Å². The molecule has 1 aromatic carbocycles. The summed E-state index contributed by atoms with van der Waals surface area (Å²) in [6, 6.07) is 9.33. The van der Waals surface area contributed by atoms with Crippen LogP contribution in [0.25, 0.3) is 0 Å². The molecule has 2 amide bonds. The molecule has 17 heavy (non-hydrogen) atoms. The Kier molecular flexibility index (Phi) is 2.35. The number of carbonyl (C=O) groups excluding carboxylic acids is 2. The van der Waals surface area contributed by atoms with Gasteiger partial charge in [-0.3, -0.25) is 9.59 Å². The van der Waals surface area contributed by atoms with E-state index in [0.29, 0.717) is 0 Å². The molecule has 1 saturated heterocycles. The minimum Gasteiger partial charge on any atom is -0.345 e. The topological polar surface area (TPSA) is 49.4 Å². The van der Waals surface area contributed by atoms with Crippen LogP contribution in [0, 0.1) is 0 Å². The second-order valence-corrected chi connectivity index (χ2v) is 4.56. The number of benzene rings is 1. The summed E-state index contributed by atoms with van der Waals surface area (Å²) in [6.45, 7) is 0.138. The fraction of sp³-hybridized carbons (Fsp3) is 0.385. The van der Waals surface area contributed by atoms with Crippen molar-refractivity contribution in [1.29, 1.82) is 0 Å². The zero-order valence-electron chi connectivity index (χ0n) is 9.43. The monoisotopic (exact) mass is 230 g/mol. The molecule has 4 nitrogen and oxygen atoms in total. The van der Waals surface area contributed by atoms with Crippen molar-refractivity contribution in [3.63, 3.8) is 0 Å². The van der Waals surface area contributed by atoms with Gasteiger partial charge in [-0.15, -0.1) is 0 Å². The summed E-state index contributed by atoms with van der Waals surface area (Å²) in [5.41, 5.74) is 0.893. The lowest BCUT2D eigenvalue weighted by Gasteiger charge is -2.35. The smallest absolute Gasteiger partial charge is 0.247 e. The molecule has 0 radical (unpaired) electrons. The van der Waals surface area contributed by atoms with Gasteiger partial charge in [-0.05, 0) is 18.4 Å². The van der Waals surface area contributed by atoms with E-state index in [9.17, 15) is 9.59 Å². The summed E-state index contributed by atoms with van der Waals surface area (Å²) in [4.78, 5) is 25.7. The first-order valence-corrected chi connectivity index (χ1v) is 5.91. The van der Waals surface area contributed by atoms with Gasteiger partial charge in [0.1, 0.15) is 6.04 Å². The van der Waals surface area contributed by atoms with Crippen LogP contribution in [0.2, 0.25) is 0 Å². The van der Waals surface area contributed by atoms with Crippen LogP contribution >= 0.6 is 0 Å². The Balaban J connectivity index is 1.97. The van der Waals surface area contributed by atoms with E-state index in [1.165, 1.54) is 0 Å². The predicted molar refractivity (Wildman–Crippen MR) is 62.1 cm³/mol. The van der Waals surface area contributed by atoms with Gasteiger partial charge in [-0.2, -0.15) is 0 Å². The molecule has 3 rings (SSSR count). The Hall–Kier alpha value is -1.84. The minimum absolute atomic E-state index is 0.0287. The highest BCUT2D eigenvalue weighted by Crippen LogP contribution is 2.35. The number of nitrogens with one attached hydrogen (secondary N) is 1. The fourth-order valence-electron chi connectivity index (χ4n) is 2.34. The van der Waals surface area contributed by atoms with Crippen molar-refractivity contribution in [3.8, 4) is 0 Å². The lowest BCUT2D eigenvalue weighted by Crippen LogP contribution is -2.54. The molecule has 88 valence electrons. The number of nitrogens with zero attached hydrogens (tertiary/aromatic N) is 1. The first-order chi connectivity index (χ1) is 8.27. The second kappa shape index (κ2) is 3.87. The van der Waals surface area contributed by atoms with Gasteiger partial charge < -0.3 is 10.2 Å². The van der Waals surface area contributed by atoms with E-state index >= 15 is 0 Å². The minimum atomic E-state index is -0.440. The molecule has 1 atom stereocenters. The molecular formula is C13H14N2O2. The van der Waals surface area contributed by atoms with Crippen LogP contribution in [-0.4, -0.2) is 29.3 Å². The maximum atomic E-state index is 12.0. The van der Waals surface area contributed by atoms with E-state index in [2.05, 4.69) is 5.32 Å². The zero-order chi connectivity index (χ0) is 11.8. The van der Waals surface area contributed by atoms with Gasteiger partial charge in [-0.25, -0.2) is 0 Å². The third kappa shape index (κ3) is 1.79. The van der Waals surface area contributed by atoms with Crippen molar-refractivity contribution in [2.24, 2.45) is 0 Å². The summed E-state index contributed by atoms with van der Waals surface area (Å²) < 4.78 is 0. The zero-order valence-corrected chi connectivity index (χ0v) is 9.43. The van der Waals surface area contributed by atoms with E-state index in [1.807, 2.05) is 30.3 Å². The highest BCUT2D eigenvalue weighted by Gasteiger charge is 2.43. The summed E-state index contributed by atoms with van der Waals surface area (Å²) in [6.07, 6.45) is 2.03. The van der Waals surface area contributed by atoms with Gasteiger partial charge in [0.25, 0.3) is 0 Å². The quantitative estimate of drug-likeness (QED) is 0.818. The molecule has 1 heterocycles. The normalized spacial score (nSPS) is 24.7. The molecule has 1 saturated carbocycles. The Labute approximate surface area is 99.6 Å². The maximum absolute atomic E-state index is 12.0. The third-order valence-electron chi connectivity index (χ3n) is 3.28. The molecule has 1 aromatic rings. The van der Waals surface area contributed by atoms with E-state index in [-0.39, 0.29) is 24.4 Å². The largest absolute Gasteiger partial charge is 0.345 e. The molecule has 1 aliphatic heterocycles. The standard InChI is InChI=1S/C13H14N2O2/c16-11-8-14-13(17)12(15(11)10-6-7-10)9-4-2-1-3-5-9/h1-5,10,12H,6-8H2,(H,14,17). The Morgan fingerprint density at radius 1 is 1.12 bits per heavy atom. The lowest BCUT2D eigenvalue weighted by molar-refractivity contribution is -0.146. The summed E-state index contributed by atoms with van der Waals surface area (Å²) in [5.74, 6) is -0.0383. The number of rotatable bonds is 2. The second-order valence-electron chi connectivity index (χ2n) is 4.56. The SMILES string of the molecule is O=C1NCC(=O)N(C2CC2)C1c1ccccc1. The highest BCUT2D eigenvalue weighted by atomic mass is 16.2. The molecule has 1 unspecified atom stereocenters. The number of piperazine rings is 1. The van der Waals surface area contributed by atoms with Crippen LogP contribution in [0.5, 0.6) is 0 Å². The van der Waals surface area contributed by atoms with E-state index in [0.717, 1.165) is 18.4 Å². The van der Waals surface area contributed by atoms with Crippen LogP contribution in [0.3, 0.4) is 0 Å². The predicted octanol–water partition coefficient (Wildman–Crippen LogP) is 0.848. The van der Waals surface area contributed by atoms with E-state index < -0.39 is 6.04 Å². The van der Waals surface area contributed by atoms with Crippen molar-refractivity contribution in [2.45, 2.75) is 24.9 Å². The van der Waals surface area contributed by atoms with Crippen LogP contribution < -0.4 is 5.32 Å². The number of hydrogen-bond acceptors (Lipinski definition) is 2. The highest BCUT2D eigenvalue weighted by molar-refractivity contribution is 5.95. The van der Waals surface area contributed by atoms with Gasteiger partial charge in [-0.1, -0.05) is 30.3 Å². The van der Waals surface area contributed by atoms with E-state index in [4.69, 9.17) is 0 Å². The van der Waals surface area contributed by atoms with Crippen LogP contribution in [0.1, 0.15) is 24.4 Å². The molecule has 0 aromatic heterocycles. The van der Waals surface area contributed by atoms with Crippen LogP contribution in [0.4, 0.5) is 0 Å². The number of amides is 2. The summed E-state index contributed by atoms with van der Waals surface area (Å²) in [5, 5.41) is 2.66. The first-order valence-electron chi connectivity index (χ1n) is 5.91. The van der Waals surface area contributed by atoms with Crippen molar-refractivity contribution < 1.29 is 9.59 Å². The van der Waals surface area contributed by atoms with Gasteiger partial charge in [0.05, 0.1) is 6.54 Å². The fourth-order valence-corrected chi connectivity index (χ4v) is 2.34. The van der Waals surface area contributed by atoms with Crippen molar-refractivity contribution in [3.05, 3.63) is 35.9 Å². The molecule has 4 heteroatoms. The number of carbonyl (C=O) groups is 2. The molecule has 1 N–H and O–H groups in total. The first kappa shape index (κ1) is 10.3. The maximum Gasteiger partial charge on any atom is 0.247 e. The van der Waals surface area contributed by atoms with Gasteiger partial charge >= 0.3 is 0 Å². The average molecular weight is 230 g/mol.